The van der Waals surface area contributed by atoms with E-state index >= 15 is 0 Å². The molecule has 5 heteroatoms. The van der Waals surface area contributed by atoms with Crippen molar-refractivity contribution in [3.05, 3.63) is 53.4 Å². The number of halogens is 1. The molecule has 3 saturated carbocycles. The standard InChI is InChI=1S/C26H30FNO3/c1-25-11-9-17(29)14-16(25)4-5-18-19-6-8-23(26(19,2)12-10-20(18)25)31-24(30)15-3-7-21(27)22(28)13-15/h3,7,9,11,13-14,18-20,23H,4-6,8,10,12,28H2,1-2H3. The maximum absolute atomic E-state index is 13.5. The van der Waals surface area contributed by atoms with Crippen molar-refractivity contribution in [3.63, 3.8) is 0 Å². The number of rotatable bonds is 2. The van der Waals surface area contributed by atoms with Crippen LogP contribution in [0.25, 0.3) is 0 Å². The van der Waals surface area contributed by atoms with E-state index in [0.717, 1.165) is 38.5 Å². The Labute approximate surface area is 182 Å². The van der Waals surface area contributed by atoms with Gasteiger partial charge in [-0.25, -0.2) is 9.18 Å². The van der Waals surface area contributed by atoms with Gasteiger partial charge in [0.2, 0.25) is 0 Å². The number of anilines is 1. The Kier molecular flexibility index (Phi) is 4.65. The van der Waals surface area contributed by atoms with Gasteiger partial charge >= 0.3 is 5.97 Å². The topological polar surface area (TPSA) is 69.4 Å². The summed E-state index contributed by atoms with van der Waals surface area (Å²) in [6.07, 6.45) is 11.7. The van der Waals surface area contributed by atoms with Crippen molar-refractivity contribution in [3.8, 4) is 0 Å². The van der Waals surface area contributed by atoms with Gasteiger partial charge in [-0.3, -0.25) is 4.79 Å². The van der Waals surface area contributed by atoms with Gasteiger partial charge < -0.3 is 10.5 Å². The quantitative estimate of drug-likeness (QED) is 0.522. The largest absolute Gasteiger partial charge is 0.458 e. The summed E-state index contributed by atoms with van der Waals surface area (Å²) in [6.45, 7) is 4.58. The zero-order chi connectivity index (χ0) is 22.0. The molecule has 0 saturated heterocycles. The van der Waals surface area contributed by atoms with Crippen molar-refractivity contribution in [1.29, 1.82) is 0 Å². The summed E-state index contributed by atoms with van der Waals surface area (Å²) in [5.41, 5.74) is 7.11. The lowest BCUT2D eigenvalue weighted by atomic mass is 9.48. The van der Waals surface area contributed by atoms with Crippen LogP contribution in [-0.2, 0) is 9.53 Å². The van der Waals surface area contributed by atoms with Crippen LogP contribution < -0.4 is 5.73 Å². The van der Waals surface area contributed by atoms with Gasteiger partial charge in [0.15, 0.2) is 5.78 Å². The molecule has 4 nitrogen and oxygen atoms in total. The van der Waals surface area contributed by atoms with Gasteiger partial charge in [-0.1, -0.05) is 25.5 Å². The molecule has 2 N–H and O–H groups in total. The zero-order valence-electron chi connectivity index (χ0n) is 18.2. The Morgan fingerprint density at radius 3 is 2.74 bits per heavy atom. The molecule has 0 spiro atoms. The summed E-state index contributed by atoms with van der Waals surface area (Å²) in [7, 11) is 0. The highest BCUT2D eigenvalue weighted by Gasteiger charge is 2.59. The Balaban J connectivity index is 1.36. The number of nitrogen functional groups attached to an aromatic ring is 1. The van der Waals surface area contributed by atoms with Gasteiger partial charge in [0.05, 0.1) is 11.3 Å². The molecule has 0 amide bonds. The SMILES string of the molecule is CC12C=CC(=O)C=C1CCC1C2CCC2(C)C(OC(=O)c3ccc(F)c(N)c3)CCC12. The number of nitrogens with two attached hydrogens (primary N) is 1. The highest BCUT2D eigenvalue weighted by atomic mass is 19.1. The van der Waals surface area contributed by atoms with Crippen molar-refractivity contribution < 1.29 is 18.7 Å². The van der Waals surface area contributed by atoms with Gasteiger partial charge in [0.1, 0.15) is 11.9 Å². The molecule has 4 aliphatic carbocycles. The van der Waals surface area contributed by atoms with Crippen molar-refractivity contribution >= 4 is 17.4 Å². The molecule has 5 rings (SSSR count). The minimum atomic E-state index is -0.527. The molecule has 3 fully saturated rings. The van der Waals surface area contributed by atoms with E-state index in [1.54, 1.807) is 6.08 Å². The van der Waals surface area contributed by atoms with Crippen molar-refractivity contribution in [2.75, 3.05) is 5.73 Å². The fraction of sp³-hybridized carbons (Fsp3) is 0.538. The second-order valence-electron chi connectivity index (χ2n) is 10.4. The highest BCUT2D eigenvalue weighted by molar-refractivity contribution is 6.01. The van der Waals surface area contributed by atoms with Crippen LogP contribution in [0, 0.1) is 34.4 Å². The highest BCUT2D eigenvalue weighted by Crippen LogP contribution is 2.64. The molecule has 31 heavy (non-hydrogen) atoms. The van der Waals surface area contributed by atoms with Gasteiger partial charge in [0, 0.05) is 10.8 Å². The number of esters is 1. The fourth-order valence-electron chi connectivity index (χ4n) is 7.21. The molecule has 0 aliphatic heterocycles. The number of hydrogen-bond acceptors (Lipinski definition) is 4. The van der Waals surface area contributed by atoms with E-state index in [1.807, 2.05) is 6.08 Å². The molecule has 0 bridgehead atoms. The molecule has 0 aromatic heterocycles. The second-order valence-corrected chi connectivity index (χ2v) is 10.4. The fourth-order valence-corrected chi connectivity index (χ4v) is 7.21. The molecule has 6 unspecified atom stereocenters. The Hall–Kier alpha value is -2.43. The second kappa shape index (κ2) is 7.04. The monoisotopic (exact) mass is 423 g/mol. The molecule has 164 valence electrons. The number of carbonyl (C=O) groups is 2. The lowest BCUT2D eigenvalue weighted by Crippen LogP contribution is -2.51. The van der Waals surface area contributed by atoms with Crippen molar-refractivity contribution in [1.82, 2.24) is 0 Å². The number of fused-ring (bicyclic) bond motifs is 5. The molecule has 1 aromatic carbocycles. The van der Waals surface area contributed by atoms with Gasteiger partial charge in [0.25, 0.3) is 0 Å². The van der Waals surface area contributed by atoms with Crippen LogP contribution in [0.1, 0.15) is 62.7 Å². The normalized spacial score (nSPS) is 38.7. The van der Waals surface area contributed by atoms with E-state index in [2.05, 4.69) is 19.9 Å². The van der Waals surface area contributed by atoms with Crippen LogP contribution in [0.2, 0.25) is 0 Å². The van der Waals surface area contributed by atoms with Gasteiger partial charge in [-0.05, 0) is 86.6 Å². The van der Waals surface area contributed by atoms with E-state index < -0.39 is 11.8 Å². The molecular formula is C26H30FNO3. The smallest absolute Gasteiger partial charge is 0.338 e. The Morgan fingerprint density at radius 1 is 1.16 bits per heavy atom. The number of carbonyl (C=O) groups excluding carboxylic acids is 2. The first-order chi connectivity index (χ1) is 14.7. The number of hydrogen-bond donors (Lipinski definition) is 1. The predicted molar refractivity (Wildman–Crippen MR) is 117 cm³/mol. The van der Waals surface area contributed by atoms with Crippen LogP contribution in [0.3, 0.4) is 0 Å². The Morgan fingerprint density at radius 2 is 1.97 bits per heavy atom. The summed E-state index contributed by atoms with van der Waals surface area (Å²) in [5.74, 6) is 0.772. The van der Waals surface area contributed by atoms with E-state index in [0.29, 0.717) is 23.3 Å². The molecule has 0 radical (unpaired) electrons. The van der Waals surface area contributed by atoms with E-state index in [-0.39, 0.29) is 28.4 Å². The minimum Gasteiger partial charge on any atom is -0.458 e. The average Bonchev–Trinajstić information content (AvgIpc) is 3.07. The third-order valence-electron chi connectivity index (χ3n) is 8.95. The number of benzene rings is 1. The lowest BCUT2D eigenvalue weighted by Gasteiger charge is -2.56. The van der Waals surface area contributed by atoms with Crippen molar-refractivity contribution in [2.45, 2.75) is 58.5 Å². The number of allylic oxidation sites excluding steroid dienone is 4. The third kappa shape index (κ3) is 3.07. The summed E-state index contributed by atoms with van der Waals surface area (Å²) in [5, 5.41) is 0. The average molecular weight is 424 g/mol. The van der Waals surface area contributed by atoms with Crippen LogP contribution in [0.15, 0.2) is 42.0 Å². The molecular weight excluding hydrogens is 393 g/mol. The summed E-state index contributed by atoms with van der Waals surface area (Å²) in [4.78, 5) is 24.7. The van der Waals surface area contributed by atoms with Crippen LogP contribution in [0.4, 0.5) is 10.1 Å². The summed E-state index contributed by atoms with van der Waals surface area (Å²) < 4.78 is 19.5. The van der Waals surface area contributed by atoms with Gasteiger partial charge in [-0.2, -0.15) is 0 Å². The van der Waals surface area contributed by atoms with E-state index in [1.165, 1.54) is 23.8 Å². The van der Waals surface area contributed by atoms with Crippen LogP contribution >= 0.6 is 0 Å². The number of ether oxygens (including phenoxy) is 1. The zero-order valence-corrected chi connectivity index (χ0v) is 18.2. The summed E-state index contributed by atoms with van der Waals surface area (Å²) >= 11 is 0. The van der Waals surface area contributed by atoms with E-state index in [9.17, 15) is 14.0 Å². The third-order valence-corrected chi connectivity index (χ3v) is 8.95. The van der Waals surface area contributed by atoms with E-state index in [4.69, 9.17) is 10.5 Å². The summed E-state index contributed by atoms with van der Waals surface area (Å²) in [6, 6.07) is 4.01. The first-order valence-corrected chi connectivity index (χ1v) is 11.4. The molecule has 0 heterocycles. The van der Waals surface area contributed by atoms with Crippen LogP contribution in [-0.4, -0.2) is 17.9 Å². The molecule has 6 atom stereocenters. The number of ketones is 1. The molecule has 4 aliphatic rings. The van der Waals surface area contributed by atoms with Gasteiger partial charge in [-0.15, -0.1) is 0 Å². The van der Waals surface area contributed by atoms with Crippen molar-refractivity contribution in [2.24, 2.45) is 28.6 Å². The first kappa shape index (κ1) is 20.5. The first-order valence-electron chi connectivity index (χ1n) is 11.4. The van der Waals surface area contributed by atoms with Crippen LogP contribution in [0.5, 0.6) is 0 Å². The predicted octanol–water partition coefficient (Wildman–Crippen LogP) is 5.24. The molecule has 1 aromatic rings. The minimum absolute atomic E-state index is 0.0292. The Bertz CT molecular complexity index is 1010. The lowest BCUT2D eigenvalue weighted by molar-refractivity contribution is -0.111. The maximum atomic E-state index is 13.5. The maximum Gasteiger partial charge on any atom is 0.338 e.